The van der Waals surface area contributed by atoms with E-state index in [0.29, 0.717) is 6.04 Å². The molecular weight excluding hydrogens is 358 g/mol. The average molecular weight is 386 g/mol. The Balaban J connectivity index is 1.69. The van der Waals surface area contributed by atoms with Crippen LogP contribution in [0.15, 0.2) is 29.3 Å². The summed E-state index contributed by atoms with van der Waals surface area (Å²) in [4.78, 5) is 12.4. The van der Waals surface area contributed by atoms with Crippen LogP contribution in [0.25, 0.3) is 0 Å². The molecule has 1 aromatic carbocycles. The van der Waals surface area contributed by atoms with Crippen molar-refractivity contribution >= 4 is 33.5 Å². The number of nitrogens with zero attached hydrogens (tertiary/aromatic N) is 3. The fraction of sp³-hybridized carbons (Fsp3) is 0.500. The van der Waals surface area contributed by atoms with Gasteiger partial charge in [0.2, 0.25) is 0 Å². The summed E-state index contributed by atoms with van der Waals surface area (Å²) in [6, 6.07) is 8.65. The molecule has 144 valence electrons. The molecule has 2 N–H and O–H groups in total. The van der Waals surface area contributed by atoms with E-state index in [4.69, 9.17) is 14.7 Å². The summed E-state index contributed by atoms with van der Waals surface area (Å²) >= 11 is 1.75. The first-order chi connectivity index (χ1) is 13.3. The highest BCUT2D eigenvalue weighted by atomic mass is 32.1. The van der Waals surface area contributed by atoms with Gasteiger partial charge in [0.15, 0.2) is 5.84 Å². The van der Waals surface area contributed by atoms with Crippen molar-refractivity contribution in [1.82, 2.24) is 15.2 Å². The van der Waals surface area contributed by atoms with Crippen LogP contribution >= 0.6 is 11.3 Å². The van der Waals surface area contributed by atoms with Gasteiger partial charge in [-0.1, -0.05) is 19.1 Å². The molecule has 1 aromatic heterocycles. The van der Waals surface area contributed by atoms with E-state index >= 15 is 0 Å². The van der Waals surface area contributed by atoms with Gasteiger partial charge in [0.25, 0.3) is 0 Å². The Hall–Kier alpha value is -1.96. The van der Waals surface area contributed by atoms with E-state index in [1.807, 2.05) is 12.1 Å². The lowest BCUT2D eigenvalue weighted by Crippen LogP contribution is -2.53. The smallest absolute Gasteiger partial charge is 0.158 e. The Kier molecular flexibility index (Phi) is 5.71. The Morgan fingerprint density at radius 3 is 3.07 bits per heavy atom. The number of aromatic nitrogens is 1. The van der Waals surface area contributed by atoms with E-state index in [0.717, 1.165) is 73.4 Å². The molecule has 1 fully saturated rings. The normalized spacial score (nSPS) is 19.0. The number of anilines is 2. The van der Waals surface area contributed by atoms with Gasteiger partial charge in [-0.3, -0.25) is 0 Å². The highest BCUT2D eigenvalue weighted by Crippen LogP contribution is 2.38. The Morgan fingerprint density at radius 2 is 2.22 bits per heavy atom. The number of hydrogen-bond acceptors (Lipinski definition) is 7. The Bertz CT molecular complexity index is 818. The maximum Gasteiger partial charge on any atom is 0.158 e. The minimum absolute atomic E-state index is 0.407. The number of aliphatic imine (C=N–C) groups is 1. The number of amidine groups is 1. The molecule has 0 bridgehead atoms. The predicted molar refractivity (Wildman–Crippen MR) is 112 cm³/mol. The van der Waals surface area contributed by atoms with E-state index in [2.05, 4.69) is 34.6 Å². The summed E-state index contributed by atoms with van der Waals surface area (Å²) < 4.78 is 5.27. The van der Waals surface area contributed by atoms with Crippen LogP contribution < -0.4 is 10.6 Å². The van der Waals surface area contributed by atoms with Crippen LogP contribution in [0.1, 0.15) is 30.5 Å². The van der Waals surface area contributed by atoms with Crippen molar-refractivity contribution in [2.45, 2.75) is 32.2 Å². The first-order valence-corrected chi connectivity index (χ1v) is 10.5. The van der Waals surface area contributed by atoms with E-state index in [1.165, 1.54) is 5.01 Å². The van der Waals surface area contributed by atoms with Gasteiger partial charge >= 0.3 is 0 Å². The van der Waals surface area contributed by atoms with Crippen molar-refractivity contribution in [1.29, 1.82) is 0 Å². The first-order valence-electron chi connectivity index (χ1n) is 9.70. The number of benzene rings is 1. The van der Waals surface area contributed by atoms with Crippen molar-refractivity contribution in [3.63, 3.8) is 0 Å². The summed E-state index contributed by atoms with van der Waals surface area (Å²) in [5, 5.41) is 9.45. The van der Waals surface area contributed by atoms with Crippen LogP contribution in [0, 0.1) is 0 Å². The Labute approximate surface area is 164 Å². The maximum atomic E-state index is 5.27. The number of ether oxygens (including phenoxy) is 1. The number of nitrogens with one attached hydrogen (secondary N) is 2. The van der Waals surface area contributed by atoms with Gasteiger partial charge < -0.3 is 20.3 Å². The van der Waals surface area contributed by atoms with Crippen LogP contribution in [0.2, 0.25) is 0 Å². The molecule has 2 aliphatic heterocycles. The number of rotatable bonds is 5. The fourth-order valence-electron chi connectivity index (χ4n) is 3.58. The quantitative estimate of drug-likeness (QED) is 0.824. The highest BCUT2D eigenvalue weighted by Gasteiger charge is 2.28. The van der Waals surface area contributed by atoms with Crippen molar-refractivity contribution in [3.8, 4) is 0 Å². The van der Waals surface area contributed by atoms with Crippen molar-refractivity contribution in [2.24, 2.45) is 4.99 Å². The fourth-order valence-corrected chi connectivity index (χ4v) is 4.65. The molecule has 6 nitrogen and oxygen atoms in total. The van der Waals surface area contributed by atoms with Gasteiger partial charge in [-0.15, -0.1) is 11.3 Å². The minimum atomic E-state index is 0.407. The molecule has 1 saturated heterocycles. The molecule has 4 rings (SSSR count). The molecule has 7 heteroatoms. The molecule has 3 heterocycles. The highest BCUT2D eigenvalue weighted by molar-refractivity contribution is 7.16. The van der Waals surface area contributed by atoms with Gasteiger partial charge in [-0.2, -0.15) is 0 Å². The largest absolute Gasteiger partial charge is 0.385 e. The van der Waals surface area contributed by atoms with Crippen molar-refractivity contribution in [2.75, 3.05) is 38.7 Å². The van der Waals surface area contributed by atoms with Gasteiger partial charge in [0.05, 0.1) is 16.4 Å². The number of fused-ring (bicyclic) bond motifs is 2. The predicted octanol–water partition coefficient (Wildman–Crippen LogP) is 3.54. The molecule has 0 aliphatic carbocycles. The number of para-hydroxylation sites is 2. The summed E-state index contributed by atoms with van der Waals surface area (Å²) in [5.41, 5.74) is 3.01. The van der Waals surface area contributed by atoms with Crippen LogP contribution in [-0.2, 0) is 11.2 Å². The number of methoxy groups -OCH3 is 1. The number of piperazine rings is 1. The zero-order valence-electron chi connectivity index (χ0n) is 16.0. The van der Waals surface area contributed by atoms with Crippen molar-refractivity contribution in [3.05, 3.63) is 35.0 Å². The molecule has 1 atom stereocenters. The minimum Gasteiger partial charge on any atom is -0.385 e. The zero-order chi connectivity index (χ0) is 18.6. The molecule has 2 aliphatic rings. The lowest BCUT2D eigenvalue weighted by atomic mass is 10.1. The van der Waals surface area contributed by atoms with Crippen LogP contribution in [-0.4, -0.2) is 55.1 Å². The summed E-state index contributed by atoms with van der Waals surface area (Å²) in [6.07, 6.45) is 3.11. The van der Waals surface area contributed by atoms with Gasteiger partial charge in [0, 0.05) is 39.4 Å². The number of hydrogen-bond donors (Lipinski definition) is 2. The number of thiazole rings is 1. The second kappa shape index (κ2) is 8.37. The molecule has 1 unspecified atom stereocenters. The SMILES string of the molecule is CCCc1nc2c(s1)Nc1ccccc1N=C2N1CCNC(CCOC)C1. The first kappa shape index (κ1) is 18.4. The van der Waals surface area contributed by atoms with E-state index < -0.39 is 0 Å². The molecule has 27 heavy (non-hydrogen) atoms. The molecule has 0 radical (unpaired) electrons. The molecular formula is C20H27N5OS. The molecule has 0 amide bonds. The third-order valence-corrected chi connectivity index (χ3v) is 5.98. The monoisotopic (exact) mass is 385 g/mol. The van der Waals surface area contributed by atoms with Crippen LogP contribution in [0.3, 0.4) is 0 Å². The second-order valence-corrected chi connectivity index (χ2v) is 8.08. The Morgan fingerprint density at radius 1 is 1.33 bits per heavy atom. The topological polar surface area (TPSA) is 61.8 Å². The van der Waals surface area contributed by atoms with E-state index in [-0.39, 0.29) is 0 Å². The van der Waals surface area contributed by atoms with E-state index in [9.17, 15) is 0 Å². The average Bonchev–Trinajstić information content (AvgIpc) is 3.01. The van der Waals surface area contributed by atoms with Gasteiger partial charge in [-0.05, 0) is 31.4 Å². The second-order valence-electron chi connectivity index (χ2n) is 6.99. The summed E-state index contributed by atoms with van der Waals surface area (Å²) in [6.45, 7) is 5.77. The molecule has 0 spiro atoms. The van der Waals surface area contributed by atoms with Crippen LogP contribution in [0.4, 0.5) is 16.4 Å². The van der Waals surface area contributed by atoms with Crippen molar-refractivity contribution < 1.29 is 4.74 Å². The third-order valence-electron chi connectivity index (χ3n) is 4.95. The summed E-state index contributed by atoms with van der Waals surface area (Å²) in [5.74, 6) is 0.991. The van der Waals surface area contributed by atoms with Gasteiger partial charge in [0.1, 0.15) is 10.7 Å². The summed E-state index contributed by atoms with van der Waals surface area (Å²) in [7, 11) is 1.76. The molecule has 2 aromatic rings. The maximum absolute atomic E-state index is 5.27. The number of aryl methyl sites for hydroxylation is 1. The van der Waals surface area contributed by atoms with Gasteiger partial charge in [-0.25, -0.2) is 9.98 Å². The zero-order valence-corrected chi connectivity index (χ0v) is 16.8. The third kappa shape index (κ3) is 4.00. The molecule has 0 saturated carbocycles. The lowest BCUT2D eigenvalue weighted by molar-refractivity contribution is 0.168. The lowest BCUT2D eigenvalue weighted by Gasteiger charge is -2.35. The van der Waals surface area contributed by atoms with E-state index in [1.54, 1.807) is 18.4 Å². The van der Waals surface area contributed by atoms with Crippen LogP contribution in [0.5, 0.6) is 0 Å². The standard InChI is InChI=1S/C20H27N5OS/c1-3-6-17-24-18-19(25-11-10-21-14(13-25)9-12-26-2)22-15-7-4-5-8-16(15)23-20(18)27-17/h4-5,7-8,14,21,23H,3,6,9-13H2,1-2H3.